The number of aryl methyl sites for hydroxylation is 1. The third-order valence-corrected chi connectivity index (χ3v) is 4.87. The molecule has 1 aromatic rings. The van der Waals surface area contributed by atoms with Crippen LogP contribution < -0.4 is 5.32 Å². The molecule has 1 unspecified atom stereocenters. The second-order valence-corrected chi connectivity index (χ2v) is 6.74. The monoisotopic (exact) mass is 309 g/mol. The molecule has 1 aliphatic rings. The number of benzene rings is 1. The van der Waals surface area contributed by atoms with Crippen molar-refractivity contribution in [2.75, 3.05) is 5.32 Å². The molecule has 1 fully saturated rings. The molecule has 1 atom stereocenters. The minimum Gasteiger partial charge on any atom is -0.326 e. The number of anilines is 1. The summed E-state index contributed by atoms with van der Waals surface area (Å²) in [4.78, 5) is 12.3. The van der Waals surface area contributed by atoms with Crippen LogP contribution in [-0.4, -0.2) is 5.91 Å². The molecule has 0 aliphatic heterocycles. The lowest BCUT2D eigenvalue weighted by Gasteiger charge is -2.25. The van der Waals surface area contributed by atoms with E-state index in [9.17, 15) is 4.79 Å². The number of carbonyl (C=O) groups excluding carboxylic acids is 1. The Morgan fingerprint density at radius 2 is 2.17 bits per heavy atom. The summed E-state index contributed by atoms with van der Waals surface area (Å²) in [5, 5.41) is 3.04. The molecule has 18 heavy (non-hydrogen) atoms. The lowest BCUT2D eigenvalue weighted by Crippen LogP contribution is -2.30. The molecule has 0 spiro atoms. The van der Waals surface area contributed by atoms with E-state index in [1.807, 2.05) is 25.1 Å². The fourth-order valence-electron chi connectivity index (χ4n) is 2.71. The molecule has 1 amide bonds. The molecule has 1 N–H and O–H groups in total. The summed E-state index contributed by atoms with van der Waals surface area (Å²) in [6.07, 6.45) is 3.30. The Bertz CT molecular complexity index is 468. The van der Waals surface area contributed by atoms with Gasteiger partial charge in [0.1, 0.15) is 0 Å². The topological polar surface area (TPSA) is 29.1 Å². The van der Waals surface area contributed by atoms with Crippen molar-refractivity contribution in [3.05, 3.63) is 28.2 Å². The van der Waals surface area contributed by atoms with Gasteiger partial charge in [-0.1, -0.05) is 42.3 Å². The molecule has 0 aromatic heterocycles. The van der Waals surface area contributed by atoms with Crippen LogP contribution in [0.3, 0.4) is 0 Å². The fourth-order valence-corrected chi connectivity index (χ4v) is 3.09. The van der Waals surface area contributed by atoms with Crippen molar-refractivity contribution in [1.82, 2.24) is 0 Å². The third-order valence-electron chi connectivity index (χ3n) is 4.01. The molecule has 1 aliphatic carbocycles. The Morgan fingerprint density at radius 3 is 2.72 bits per heavy atom. The van der Waals surface area contributed by atoms with Gasteiger partial charge in [-0.25, -0.2) is 0 Å². The van der Waals surface area contributed by atoms with E-state index in [4.69, 9.17) is 0 Å². The maximum absolute atomic E-state index is 12.3. The van der Waals surface area contributed by atoms with Crippen LogP contribution in [0.4, 0.5) is 5.69 Å². The highest BCUT2D eigenvalue weighted by molar-refractivity contribution is 9.10. The second kappa shape index (κ2) is 5.04. The normalized spacial score (nSPS) is 21.9. The Kier molecular flexibility index (Phi) is 3.81. The zero-order valence-corrected chi connectivity index (χ0v) is 12.8. The minimum absolute atomic E-state index is 0.131. The average molecular weight is 310 g/mol. The SMILES string of the molecule is Cc1ccc(NC(=O)C2CCCC2(C)C)cc1Br. The molecule has 0 radical (unpaired) electrons. The van der Waals surface area contributed by atoms with Crippen LogP contribution >= 0.6 is 15.9 Å². The van der Waals surface area contributed by atoms with Crippen LogP contribution in [0.15, 0.2) is 22.7 Å². The van der Waals surface area contributed by atoms with Crippen LogP contribution in [-0.2, 0) is 4.79 Å². The van der Waals surface area contributed by atoms with Crippen molar-refractivity contribution in [2.24, 2.45) is 11.3 Å². The van der Waals surface area contributed by atoms with Crippen molar-refractivity contribution in [3.63, 3.8) is 0 Å². The number of rotatable bonds is 2. The van der Waals surface area contributed by atoms with Crippen molar-refractivity contribution >= 4 is 27.5 Å². The summed E-state index contributed by atoms with van der Waals surface area (Å²) in [6, 6.07) is 5.94. The Hall–Kier alpha value is -0.830. The van der Waals surface area contributed by atoms with Gasteiger partial charge in [0.15, 0.2) is 0 Å². The van der Waals surface area contributed by atoms with Gasteiger partial charge in [-0.05, 0) is 42.9 Å². The Balaban J connectivity index is 2.09. The molecular weight excluding hydrogens is 290 g/mol. The number of carbonyl (C=O) groups is 1. The van der Waals surface area contributed by atoms with Crippen LogP contribution in [0.1, 0.15) is 38.7 Å². The van der Waals surface area contributed by atoms with Crippen LogP contribution in [0.25, 0.3) is 0 Å². The number of nitrogens with one attached hydrogen (secondary N) is 1. The standard InChI is InChI=1S/C15H20BrNO/c1-10-6-7-11(9-13(10)16)17-14(18)12-5-4-8-15(12,2)3/h6-7,9,12H,4-5,8H2,1-3H3,(H,17,18). The third kappa shape index (κ3) is 2.77. The van der Waals surface area contributed by atoms with E-state index in [1.165, 1.54) is 5.56 Å². The summed E-state index contributed by atoms with van der Waals surface area (Å²) in [7, 11) is 0. The second-order valence-electron chi connectivity index (χ2n) is 5.89. The minimum atomic E-state index is 0.131. The van der Waals surface area contributed by atoms with Crippen molar-refractivity contribution in [2.45, 2.75) is 40.0 Å². The van der Waals surface area contributed by atoms with E-state index in [1.54, 1.807) is 0 Å². The largest absolute Gasteiger partial charge is 0.326 e. The maximum atomic E-state index is 12.3. The summed E-state index contributed by atoms with van der Waals surface area (Å²) < 4.78 is 1.03. The number of halogens is 1. The molecule has 0 bridgehead atoms. The van der Waals surface area contributed by atoms with Gasteiger partial charge >= 0.3 is 0 Å². The van der Waals surface area contributed by atoms with Gasteiger partial charge in [-0.15, -0.1) is 0 Å². The Labute approximate surface area is 117 Å². The summed E-state index contributed by atoms with van der Waals surface area (Å²) in [6.45, 7) is 6.42. The van der Waals surface area contributed by atoms with E-state index in [0.29, 0.717) is 0 Å². The molecular formula is C15H20BrNO. The van der Waals surface area contributed by atoms with Gasteiger partial charge in [0.2, 0.25) is 5.91 Å². The van der Waals surface area contributed by atoms with Gasteiger partial charge in [0.25, 0.3) is 0 Å². The number of hydrogen-bond donors (Lipinski definition) is 1. The first-order chi connectivity index (χ1) is 8.40. The van der Waals surface area contributed by atoms with E-state index in [2.05, 4.69) is 35.1 Å². The highest BCUT2D eigenvalue weighted by Gasteiger charge is 2.39. The molecule has 98 valence electrons. The molecule has 1 saturated carbocycles. The first-order valence-corrected chi connectivity index (χ1v) is 7.26. The molecule has 0 heterocycles. The van der Waals surface area contributed by atoms with Gasteiger partial charge in [0, 0.05) is 16.1 Å². The van der Waals surface area contributed by atoms with Crippen LogP contribution in [0.5, 0.6) is 0 Å². The lowest BCUT2D eigenvalue weighted by atomic mass is 9.81. The molecule has 1 aromatic carbocycles. The van der Waals surface area contributed by atoms with Crippen LogP contribution in [0.2, 0.25) is 0 Å². The molecule has 2 rings (SSSR count). The van der Waals surface area contributed by atoms with Crippen molar-refractivity contribution < 1.29 is 4.79 Å². The fraction of sp³-hybridized carbons (Fsp3) is 0.533. The van der Waals surface area contributed by atoms with Crippen molar-refractivity contribution in [1.29, 1.82) is 0 Å². The summed E-state index contributed by atoms with van der Waals surface area (Å²) >= 11 is 3.49. The molecule has 0 saturated heterocycles. The van der Waals surface area contributed by atoms with Gasteiger partial charge in [-0.2, -0.15) is 0 Å². The predicted molar refractivity (Wildman–Crippen MR) is 78.6 cm³/mol. The summed E-state index contributed by atoms with van der Waals surface area (Å²) in [5.41, 5.74) is 2.18. The van der Waals surface area contributed by atoms with E-state index in [0.717, 1.165) is 29.4 Å². The quantitative estimate of drug-likeness (QED) is 0.855. The predicted octanol–water partition coefficient (Wildman–Crippen LogP) is 4.52. The zero-order chi connectivity index (χ0) is 13.3. The number of amides is 1. The first-order valence-electron chi connectivity index (χ1n) is 6.47. The number of hydrogen-bond acceptors (Lipinski definition) is 1. The van der Waals surface area contributed by atoms with Gasteiger partial charge < -0.3 is 5.32 Å². The van der Waals surface area contributed by atoms with Crippen molar-refractivity contribution in [3.8, 4) is 0 Å². The highest BCUT2D eigenvalue weighted by atomic mass is 79.9. The van der Waals surface area contributed by atoms with E-state index in [-0.39, 0.29) is 17.2 Å². The average Bonchev–Trinajstić information content (AvgIpc) is 2.63. The smallest absolute Gasteiger partial charge is 0.228 e. The lowest BCUT2D eigenvalue weighted by molar-refractivity contribution is -0.122. The zero-order valence-electron chi connectivity index (χ0n) is 11.2. The molecule has 3 heteroatoms. The Morgan fingerprint density at radius 1 is 1.44 bits per heavy atom. The first kappa shape index (κ1) is 13.6. The van der Waals surface area contributed by atoms with E-state index >= 15 is 0 Å². The summed E-state index contributed by atoms with van der Waals surface area (Å²) in [5.74, 6) is 0.297. The van der Waals surface area contributed by atoms with Gasteiger partial charge in [0.05, 0.1) is 0 Å². The van der Waals surface area contributed by atoms with Crippen LogP contribution in [0, 0.1) is 18.3 Å². The molecule has 2 nitrogen and oxygen atoms in total. The highest BCUT2D eigenvalue weighted by Crippen LogP contribution is 2.43. The van der Waals surface area contributed by atoms with E-state index < -0.39 is 0 Å². The maximum Gasteiger partial charge on any atom is 0.228 e. The van der Waals surface area contributed by atoms with Gasteiger partial charge in [-0.3, -0.25) is 4.79 Å².